The van der Waals surface area contributed by atoms with E-state index in [9.17, 15) is 9.59 Å². The van der Waals surface area contributed by atoms with Crippen molar-refractivity contribution in [1.82, 2.24) is 10.2 Å². The van der Waals surface area contributed by atoms with Crippen LogP contribution in [0.3, 0.4) is 0 Å². The highest BCUT2D eigenvalue weighted by molar-refractivity contribution is 6.31. The fraction of sp³-hybridized carbons (Fsp3) is 0.217. The van der Waals surface area contributed by atoms with E-state index in [0.29, 0.717) is 47.2 Å². The molecule has 2 aromatic carbocycles. The Balaban J connectivity index is 1.46. The number of aliphatic imine (C=N–C) groups is 2. The average Bonchev–Trinajstić information content (AvgIpc) is 2.82. The smallest absolute Gasteiger partial charge is 0.258 e. The van der Waals surface area contributed by atoms with E-state index in [0.717, 1.165) is 11.3 Å². The molecule has 2 aliphatic heterocycles. The van der Waals surface area contributed by atoms with Gasteiger partial charge >= 0.3 is 0 Å². The molecule has 8 nitrogen and oxygen atoms in total. The molecule has 0 unspecified atom stereocenters. The molecule has 2 aromatic rings. The summed E-state index contributed by atoms with van der Waals surface area (Å²) in [5.74, 6) is 0.824. The van der Waals surface area contributed by atoms with Gasteiger partial charge in [-0.2, -0.15) is 0 Å². The van der Waals surface area contributed by atoms with Gasteiger partial charge in [-0.05, 0) is 36.4 Å². The van der Waals surface area contributed by atoms with Crippen LogP contribution in [0.4, 0.5) is 0 Å². The van der Waals surface area contributed by atoms with Crippen LogP contribution in [0.15, 0.2) is 64.2 Å². The summed E-state index contributed by atoms with van der Waals surface area (Å²) in [5.41, 5.74) is 2.56. The predicted octanol–water partition coefficient (Wildman–Crippen LogP) is 3.33. The molecule has 4 rings (SSSR count). The minimum Gasteiger partial charge on any atom is -0.493 e. The first-order valence-electron chi connectivity index (χ1n) is 9.91. The molecule has 2 amide bonds. The lowest BCUT2D eigenvalue weighted by Gasteiger charge is -2.27. The van der Waals surface area contributed by atoms with Crippen molar-refractivity contribution in [3.63, 3.8) is 0 Å². The monoisotopic (exact) mass is 452 g/mol. The summed E-state index contributed by atoms with van der Waals surface area (Å²) in [4.78, 5) is 35.8. The Labute approximate surface area is 190 Å². The Morgan fingerprint density at radius 1 is 1.06 bits per heavy atom. The van der Waals surface area contributed by atoms with Crippen molar-refractivity contribution >= 4 is 35.1 Å². The first-order chi connectivity index (χ1) is 15.5. The number of carbonyl (C=O) groups excluding carboxylic acids is 2. The van der Waals surface area contributed by atoms with Gasteiger partial charge in [0.15, 0.2) is 11.5 Å². The molecule has 0 spiro atoms. The highest BCUT2D eigenvalue weighted by atomic mass is 35.5. The topological polar surface area (TPSA) is 92.6 Å². The summed E-state index contributed by atoms with van der Waals surface area (Å²) in [7, 11) is 3.07. The Kier molecular flexibility index (Phi) is 6.23. The number of hydrogen-bond acceptors (Lipinski definition) is 6. The maximum absolute atomic E-state index is 13.0. The fourth-order valence-electron chi connectivity index (χ4n) is 3.46. The third-order valence-corrected chi connectivity index (χ3v) is 5.35. The number of hydrogen-bond donors (Lipinski definition) is 1. The minimum atomic E-state index is -0.330. The molecule has 1 N–H and O–H groups in total. The van der Waals surface area contributed by atoms with E-state index in [1.807, 2.05) is 0 Å². The van der Waals surface area contributed by atoms with E-state index in [2.05, 4.69) is 15.3 Å². The summed E-state index contributed by atoms with van der Waals surface area (Å²) in [6, 6.07) is 11.7. The maximum atomic E-state index is 13.0. The second kappa shape index (κ2) is 9.23. The second-order valence-electron chi connectivity index (χ2n) is 7.14. The predicted molar refractivity (Wildman–Crippen MR) is 122 cm³/mol. The molecular weight excluding hydrogens is 432 g/mol. The van der Waals surface area contributed by atoms with Crippen LogP contribution in [0.25, 0.3) is 0 Å². The van der Waals surface area contributed by atoms with E-state index < -0.39 is 0 Å². The number of methoxy groups -OCH3 is 2. The van der Waals surface area contributed by atoms with Crippen molar-refractivity contribution in [2.75, 3.05) is 27.3 Å². The lowest BCUT2D eigenvalue weighted by Crippen LogP contribution is -2.37. The molecule has 0 aliphatic carbocycles. The molecule has 0 aromatic heterocycles. The van der Waals surface area contributed by atoms with Crippen LogP contribution < -0.4 is 14.8 Å². The Bertz CT molecular complexity index is 1170. The van der Waals surface area contributed by atoms with Gasteiger partial charge in [0.2, 0.25) is 5.96 Å². The molecule has 0 saturated carbocycles. The standard InChI is InChI=1S/C23H21ClN4O4/c1-31-19-7-6-15(11-20(19)32-2)22(30)28-9-8-18-16(13-28)12-25-23(26-18)27-21(29)14-4-3-5-17(24)10-14/h3-7,10-11,13H,8-9,12H2,1-2H3,(H,25,27,29). The van der Waals surface area contributed by atoms with Crippen molar-refractivity contribution in [2.45, 2.75) is 6.42 Å². The zero-order valence-corrected chi connectivity index (χ0v) is 18.3. The number of rotatable bonds is 4. The van der Waals surface area contributed by atoms with Gasteiger partial charge in [0, 0.05) is 40.9 Å². The van der Waals surface area contributed by atoms with Crippen molar-refractivity contribution < 1.29 is 19.1 Å². The number of nitrogens with one attached hydrogen (secondary N) is 1. The van der Waals surface area contributed by atoms with Gasteiger partial charge in [-0.15, -0.1) is 0 Å². The SMILES string of the molecule is COc1ccc(C(=O)N2C=C3CN=C(NC(=O)c4cccc(Cl)c4)N=C3CC2)cc1OC. The molecule has 9 heteroatoms. The van der Waals surface area contributed by atoms with E-state index in [1.54, 1.807) is 60.7 Å². The highest BCUT2D eigenvalue weighted by Gasteiger charge is 2.25. The van der Waals surface area contributed by atoms with Gasteiger partial charge in [0.1, 0.15) is 0 Å². The fourth-order valence-corrected chi connectivity index (χ4v) is 3.65. The van der Waals surface area contributed by atoms with Crippen LogP contribution in [0.5, 0.6) is 11.5 Å². The molecular formula is C23H21ClN4O4. The second-order valence-corrected chi connectivity index (χ2v) is 7.57. The van der Waals surface area contributed by atoms with Crippen molar-refractivity contribution in [3.05, 3.63) is 70.4 Å². The van der Waals surface area contributed by atoms with Crippen LogP contribution >= 0.6 is 11.6 Å². The molecule has 2 heterocycles. The summed E-state index contributed by atoms with van der Waals surface area (Å²) < 4.78 is 10.5. The Morgan fingerprint density at radius 2 is 1.88 bits per heavy atom. The minimum absolute atomic E-state index is 0.151. The number of benzene rings is 2. The average molecular weight is 453 g/mol. The van der Waals surface area contributed by atoms with E-state index in [-0.39, 0.29) is 17.8 Å². The molecule has 2 aliphatic rings. The van der Waals surface area contributed by atoms with Gasteiger partial charge in [0.05, 0.1) is 26.5 Å². The normalized spacial score (nSPS) is 15.1. The summed E-state index contributed by atoms with van der Waals surface area (Å²) in [6.07, 6.45) is 2.32. The molecule has 32 heavy (non-hydrogen) atoms. The third kappa shape index (κ3) is 4.50. The largest absolute Gasteiger partial charge is 0.493 e. The maximum Gasteiger partial charge on any atom is 0.258 e. The zero-order valence-electron chi connectivity index (χ0n) is 17.6. The van der Waals surface area contributed by atoms with Crippen LogP contribution in [-0.2, 0) is 0 Å². The Morgan fingerprint density at radius 3 is 2.62 bits per heavy atom. The summed E-state index contributed by atoms with van der Waals surface area (Å²) in [5, 5.41) is 3.19. The lowest BCUT2D eigenvalue weighted by atomic mass is 10.0. The number of fused-ring (bicyclic) bond motifs is 1. The molecule has 0 fully saturated rings. The molecule has 0 saturated heterocycles. The number of guanidine groups is 1. The van der Waals surface area contributed by atoms with Crippen LogP contribution in [0, 0.1) is 0 Å². The molecule has 164 valence electrons. The number of ether oxygens (including phenoxy) is 2. The molecule has 0 bridgehead atoms. The van der Waals surface area contributed by atoms with Gasteiger partial charge in [-0.1, -0.05) is 17.7 Å². The number of carbonyl (C=O) groups is 2. The summed E-state index contributed by atoms with van der Waals surface area (Å²) in [6.45, 7) is 0.782. The summed E-state index contributed by atoms with van der Waals surface area (Å²) >= 11 is 5.95. The van der Waals surface area contributed by atoms with Crippen LogP contribution in [-0.4, -0.2) is 55.7 Å². The van der Waals surface area contributed by atoms with Crippen LogP contribution in [0.2, 0.25) is 5.02 Å². The van der Waals surface area contributed by atoms with Gasteiger partial charge in [-0.25, -0.2) is 9.98 Å². The van der Waals surface area contributed by atoms with E-state index in [4.69, 9.17) is 21.1 Å². The number of amides is 2. The van der Waals surface area contributed by atoms with Gasteiger partial charge < -0.3 is 14.4 Å². The molecule has 0 radical (unpaired) electrons. The zero-order chi connectivity index (χ0) is 22.7. The first kappa shape index (κ1) is 21.6. The highest BCUT2D eigenvalue weighted by Crippen LogP contribution is 2.28. The van der Waals surface area contributed by atoms with E-state index >= 15 is 0 Å². The van der Waals surface area contributed by atoms with Crippen molar-refractivity contribution in [3.8, 4) is 11.5 Å². The van der Waals surface area contributed by atoms with Gasteiger partial charge in [-0.3, -0.25) is 14.9 Å². The number of nitrogens with zero attached hydrogens (tertiary/aromatic N) is 3. The van der Waals surface area contributed by atoms with Crippen molar-refractivity contribution in [1.29, 1.82) is 0 Å². The number of halogens is 1. The Hall–Kier alpha value is -3.65. The van der Waals surface area contributed by atoms with Gasteiger partial charge in [0.25, 0.3) is 11.8 Å². The molecule has 0 atom stereocenters. The lowest BCUT2D eigenvalue weighted by molar-refractivity contribution is 0.0821. The third-order valence-electron chi connectivity index (χ3n) is 5.12. The quantitative estimate of drug-likeness (QED) is 0.770. The van der Waals surface area contributed by atoms with Crippen molar-refractivity contribution in [2.24, 2.45) is 9.98 Å². The van der Waals surface area contributed by atoms with Crippen LogP contribution in [0.1, 0.15) is 27.1 Å². The first-order valence-corrected chi connectivity index (χ1v) is 10.3. The van der Waals surface area contributed by atoms with E-state index in [1.165, 1.54) is 7.11 Å².